The molecule has 0 bridgehead atoms. The van der Waals surface area contributed by atoms with Crippen molar-refractivity contribution in [2.24, 2.45) is 0 Å². The first kappa shape index (κ1) is 13.2. The van der Waals surface area contributed by atoms with Crippen molar-refractivity contribution in [3.05, 3.63) is 28.8 Å². The number of carbonyl (C=O) groups excluding carboxylic acids is 1. The largest absolute Gasteiger partial charge is 0.394 e. The van der Waals surface area contributed by atoms with Gasteiger partial charge in [0.25, 0.3) is 0 Å². The second kappa shape index (κ2) is 5.16. The van der Waals surface area contributed by atoms with E-state index in [0.29, 0.717) is 10.7 Å². The van der Waals surface area contributed by atoms with Crippen molar-refractivity contribution in [3.63, 3.8) is 0 Å². The number of urea groups is 1. The zero-order chi connectivity index (χ0) is 13.2. The van der Waals surface area contributed by atoms with Crippen LogP contribution < -0.4 is 10.6 Å². The van der Waals surface area contributed by atoms with Crippen molar-refractivity contribution in [1.29, 1.82) is 0 Å². The number of aryl methyl sites for hydroxylation is 1. The fourth-order valence-corrected chi connectivity index (χ4v) is 2.18. The Morgan fingerprint density at radius 3 is 2.72 bits per heavy atom. The molecule has 4 nitrogen and oxygen atoms in total. The van der Waals surface area contributed by atoms with Gasteiger partial charge in [0.1, 0.15) is 0 Å². The van der Waals surface area contributed by atoms with E-state index < -0.39 is 5.54 Å². The van der Waals surface area contributed by atoms with Gasteiger partial charge in [-0.3, -0.25) is 0 Å². The van der Waals surface area contributed by atoms with Crippen LogP contribution in [0.4, 0.5) is 10.5 Å². The predicted octanol–water partition coefficient (Wildman–Crippen LogP) is 2.68. The van der Waals surface area contributed by atoms with Crippen LogP contribution in [0.5, 0.6) is 0 Å². The van der Waals surface area contributed by atoms with Gasteiger partial charge < -0.3 is 15.7 Å². The number of amides is 2. The third-order valence-corrected chi connectivity index (χ3v) is 3.83. The molecule has 0 heterocycles. The number of rotatable bonds is 3. The molecule has 0 atom stereocenters. The van der Waals surface area contributed by atoms with Crippen molar-refractivity contribution in [2.75, 3.05) is 11.9 Å². The minimum atomic E-state index is -0.432. The van der Waals surface area contributed by atoms with Crippen LogP contribution in [0, 0.1) is 6.92 Å². The molecule has 0 aromatic heterocycles. The lowest BCUT2D eigenvalue weighted by Gasteiger charge is -2.40. The SMILES string of the molecule is Cc1ccc(NC(=O)NC2(CO)CCC2)cc1Cl. The Labute approximate surface area is 111 Å². The first-order chi connectivity index (χ1) is 8.54. The molecule has 3 N–H and O–H groups in total. The van der Waals surface area contributed by atoms with Crippen LogP contribution in [-0.2, 0) is 0 Å². The van der Waals surface area contributed by atoms with Crippen LogP contribution in [0.3, 0.4) is 0 Å². The first-order valence-electron chi connectivity index (χ1n) is 6.01. The molecule has 2 rings (SSSR count). The third-order valence-electron chi connectivity index (χ3n) is 3.42. The van der Waals surface area contributed by atoms with E-state index in [4.69, 9.17) is 11.6 Å². The Morgan fingerprint density at radius 1 is 1.50 bits per heavy atom. The highest BCUT2D eigenvalue weighted by atomic mass is 35.5. The number of nitrogens with one attached hydrogen (secondary N) is 2. The number of aliphatic hydroxyl groups is 1. The average molecular weight is 269 g/mol. The van der Waals surface area contributed by atoms with Crippen molar-refractivity contribution < 1.29 is 9.90 Å². The standard InChI is InChI=1S/C13H17ClN2O2/c1-9-3-4-10(7-11(9)14)15-12(18)16-13(8-17)5-2-6-13/h3-4,7,17H,2,5-6,8H2,1H3,(H2,15,16,18). The number of anilines is 1. The summed E-state index contributed by atoms with van der Waals surface area (Å²) in [4.78, 5) is 11.8. The van der Waals surface area contributed by atoms with Crippen LogP contribution in [0.2, 0.25) is 5.02 Å². The zero-order valence-corrected chi connectivity index (χ0v) is 11.0. The summed E-state index contributed by atoms with van der Waals surface area (Å²) in [5, 5.41) is 15.4. The van der Waals surface area contributed by atoms with Gasteiger partial charge in [-0.25, -0.2) is 4.79 Å². The van der Waals surface area contributed by atoms with Crippen molar-refractivity contribution in [3.8, 4) is 0 Å². The van der Waals surface area contributed by atoms with Crippen LogP contribution in [-0.4, -0.2) is 23.3 Å². The van der Waals surface area contributed by atoms with Crippen molar-refractivity contribution >= 4 is 23.3 Å². The molecule has 0 aliphatic heterocycles. The van der Waals surface area contributed by atoms with Crippen molar-refractivity contribution in [2.45, 2.75) is 31.7 Å². The molecule has 1 aliphatic carbocycles. The van der Waals surface area contributed by atoms with Crippen LogP contribution >= 0.6 is 11.6 Å². The summed E-state index contributed by atoms with van der Waals surface area (Å²) in [5.41, 5.74) is 1.18. The van der Waals surface area contributed by atoms with E-state index >= 15 is 0 Å². The molecule has 0 spiro atoms. The van der Waals surface area contributed by atoms with Gasteiger partial charge in [0.05, 0.1) is 12.1 Å². The molecule has 1 fully saturated rings. The highest BCUT2D eigenvalue weighted by molar-refractivity contribution is 6.31. The Kier molecular flexibility index (Phi) is 3.78. The number of halogens is 1. The maximum absolute atomic E-state index is 11.8. The van der Waals surface area contributed by atoms with Gasteiger partial charge in [-0.2, -0.15) is 0 Å². The first-order valence-corrected chi connectivity index (χ1v) is 6.39. The fourth-order valence-electron chi connectivity index (χ4n) is 2.00. The van der Waals surface area contributed by atoms with E-state index in [1.165, 1.54) is 0 Å². The highest BCUT2D eigenvalue weighted by Crippen LogP contribution is 2.31. The molecule has 0 radical (unpaired) electrons. The molecular formula is C13H17ClN2O2. The average Bonchev–Trinajstić information content (AvgIpc) is 2.29. The number of benzene rings is 1. The molecule has 1 aromatic rings. The number of carbonyl (C=O) groups is 1. The summed E-state index contributed by atoms with van der Waals surface area (Å²) in [7, 11) is 0. The van der Waals surface area contributed by atoms with E-state index in [9.17, 15) is 9.90 Å². The molecule has 18 heavy (non-hydrogen) atoms. The zero-order valence-electron chi connectivity index (χ0n) is 10.3. The Morgan fingerprint density at radius 2 is 2.22 bits per heavy atom. The van der Waals surface area contributed by atoms with E-state index in [1.54, 1.807) is 12.1 Å². The highest BCUT2D eigenvalue weighted by Gasteiger charge is 2.37. The van der Waals surface area contributed by atoms with Gasteiger partial charge in [0.2, 0.25) is 0 Å². The summed E-state index contributed by atoms with van der Waals surface area (Å²) < 4.78 is 0. The topological polar surface area (TPSA) is 61.4 Å². The van der Waals surface area contributed by atoms with Gasteiger partial charge in [0.15, 0.2) is 0 Å². The molecule has 1 aromatic carbocycles. The lowest BCUT2D eigenvalue weighted by molar-refractivity contribution is 0.0984. The van der Waals surface area contributed by atoms with E-state index in [0.717, 1.165) is 24.8 Å². The Hall–Kier alpha value is -1.26. The monoisotopic (exact) mass is 268 g/mol. The second-order valence-corrected chi connectivity index (χ2v) is 5.24. The fraction of sp³-hybridized carbons (Fsp3) is 0.462. The van der Waals surface area contributed by atoms with Gasteiger partial charge in [-0.1, -0.05) is 17.7 Å². The Bertz CT molecular complexity index is 453. The van der Waals surface area contributed by atoms with E-state index in [2.05, 4.69) is 10.6 Å². The van der Waals surface area contributed by atoms with Gasteiger partial charge in [0, 0.05) is 10.7 Å². The normalized spacial score (nSPS) is 16.8. The summed E-state index contributed by atoms with van der Waals surface area (Å²) in [6, 6.07) is 5.06. The molecular weight excluding hydrogens is 252 g/mol. The predicted molar refractivity (Wildman–Crippen MR) is 72.0 cm³/mol. The van der Waals surface area contributed by atoms with Gasteiger partial charge in [-0.15, -0.1) is 0 Å². The van der Waals surface area contributed by atoms with E-state index in [-0.39, 0.29) is 12.6 Å². The molecule has 1 aliphatic rings. The molecule has 5 heteroatoms. The minimum absolute atomic E-state index is 0.0188. The lowest BCUT2D eigenvalue weighted by Crippen LogP contribution is -2.57. The van der Waals surface area contributed by atoms with Crippen LogP contribution in [0.15, 0.2) is 18.2 Å². The number of hydrogen-bond donors (Lipinski definition) is 3. The molecule has 0 saturated heterocycles. The minimum Gasteiger partial charge on any atom is -0.394 e. The number of hydrogen-bond acceptors (Lipinski definition) is 2. The smallest absolute Gasteiger partial charge is 0.319 e. The molecule has 1 saturated carbocycles. The van der Waals surface area contributed by atoms with Gasteiger partial charge >= 0.3 is 6.03 Å². The molecule has 98 valence electrons. The molecule has 2 amide bonds. The Balaban J connectivity index is 1.96. The van der Waals surface area contributed by atoms with E-state index in [1.807, 2.05) is 13.0 Å². The lowest BCUT2D eigenvalue weighted by atomic mass is 9.77. The maximum Gasteiger partial charge on any atom is 0.319 e. The maximum atomic E-state index is 11.8. The summed E-state index contributed by atoms with van der Waals surface area (Å²) >= 11 is 5.98. The third kappa shape index (κ3) is 2.76. The molecule has 0 unspecified atom stereocenters. The van der Waals surface area contributed by atoms with Crippen LogP contribution in [0.25, 0.3) is 0 Å². The van der Waals surface area contributed by atoms with Crippen molar-refractivity contribution in [1.82, 2.24) is 5.32 Å². The van der Waals surface area contributed by atoms with Crippen LogP contribution in [0.1, 0.15) is 24.8 Å². The summed E-state index contributed by atoms with van der Waals surface area (Å²) in [6.45, 7) is 1.89. The summed E-state index contributed by atoms with van der Waals surface area (Å²) in [5.74, 6) is 0. The van der Waals surface area contributed by atoms with Gasteiger partial charge in [-0.05, 0) is 43.9 Å². The quantitative estimate of drug-likeness (QED) is 0.789. The second-order valence-electron chi connectivity index (χ2n) is 4.84. The number of aliphatic hydroxyl groups excluding tert-OH is 1. The summed E-state index contributed by atoms with van der Waals surface area (Å²) in [6.07, 6.45) is 2.69.